The van der Waals surface area contributed by atoms with Crippen LogP contribution in [0.2, 0.25) is 0 Å². The highest BCUT2D eigenvalue weighted by molar-refractivity contribution is 5.95. The Morgan fingerprint density at radius 2 is 1.89 bits per heavy atom. The van der Waals surface area contributed by atoms with Crippen molar-refractivity contribution < 1.29 is 14.5 Å². The first-order chi connectivity index (χ1) is 13.4. The van der Waals surface area contributed by atoms with Crippen LogP contribution >= 0.6 is 0 Å². The maximum Gasteiger partial charge on any atom is 0.270 e. The smallest absolute Gasteiger partial charge is 0.270 e. The van der Waals surface area contributed by atoms with Gasteiger partial charge in [-0.3, -0.25) is 29.1 Å². The summed E-state index contributed by atoms with van der Waals surface area (Å²) < 4.78 is 1.07. The monoisotopic (exact) mass is 381 g/mol. The number of anilines is 1. The van der Waals surface area contributed by atoms with Gasteiger partial charge in [-0.1, -0.05) is 0 Å². The fourth-order valence-corrected chi connectivity index (χ4v) is 2.58. The molecular formula is C18H15N5O5. The molecule has 28 heavy (non-hydrogen) atoms. The molecule has 3 rings (SSSR count). The van der Waals surface area contributed by atoms with Gasteiger partial charge in [-0.25, -0.2) is 4.98 Å². The van der Waals surface area contributed by atoms with Gasteiger partial charge in [0.15, 0.2) is 0 Å². The summed E-state index contributed by atoms with van der Waals surface area (Å²) in [5, 5.41) is 16.1. The third-order valence-corrected chi connectivity index (χ3v) is 3.99. The molecule has 2 N–H and O–H groups in total. The minimum atomic E-state index is -0.606. The van der Waals surface area contributed by atoms with E-state index >= 15 is 0 Å². The number of rotatable bonds is 5. The lowest BCUT2D eigenvalue weighted by Crippen LogP contribution is -2.28. The van der Waals surface area contributed by atoms with Crippen LogP contribution in [0.1, 0.15) is 10.4 Å². The van der Waals surface area contributed by atoms with E-state index in [0.717, 1.165) is 10.6 Å². The molecule has 3 aromatic rings. The van der Waals surface area contributed by atoms with Crippen LogP contribution in [0.25, 0.3) is 10.9 Å². The first-order valence-corrected chi connectivity index (χ1v) is 8.14. The second-order valence-corrected chi connectivity index (χ2v) is 5.84. The minimum absolute atomic E-state index is 0.0550. The third kappa shape index (κ3) is 3.85. The Morgan fingerprint density at radius 3 is 2.54 bits per heavy atom. The number of carbonyl (C=O) groups excluding carboxylic acids is 2. The molecule has 1 heterocycles. The quantitative estimate of drug-likeness (QED) is 0.505. The zero-order valence-corrected chi connectivity index (χ0v) is 14.7. The number of hydrogen-bond donors (Lipinski definition) is 2. The fraction of sp³-hybridized carbons (Fsp3) is 0.111. The normalized spacial score (nSPS) is 10.5. The van der Waals surface area contributed by atoms with Crippen LogP contribution in [-0.2, 0) is 11.3 Å². The number of nitrogens with one attached hydrogen (secondary N) is 2. The van der Waals surface area contributed by atoms with Crippen molar-refractivity contribution in [2.75, 3.05) is 12.4 Å². The number of aromatic nitrogens is 2. The molecule has 0 atom stereocenters. The molecule has 0 spiro atoms. The molecule has 10 heteroatoms. The van der Waals surface area contributed by atoms with Crippen LogP contribution in [0, 0.1) is 10.1 Å². The fourth-order valence-electron chi connectivity index (χ4n) is 2.58. The van der Waals surface area contributed by atoms with Gasteiger partial charge in [0, 0.05) is 30.4 Å². The standard InChI is InChI=1S/C18H15N5O5/c1-19-17(25)11-2-4-12(5-3-11)21-16(24)9-22-10-20-15-7-6-13(23(27)28)8-14(15)18(22)26/h2-8,10H,9H2,1H3,(H,19,25)(H,21,24). The summed E-state index contributed by atoms with van der Waals surface area (Å²) >= 11 is 0. The largest absolute Gasteiger partial charge is 0.355 e. The van der Waals surface area contributed by atoms with E-state index in [1.54, 1.807) is 24.3 Å². The maximum absolute atomic E-state index is 12.5. The van der Waals surface area contributed by atoms with Crippen LogP contribution in [0.3, 0.4) is 0 Å². The van der Waals surface area contributed by atoms with Crippen LogP contribution in [0.5, 0.6) is 0 Å². The zero-order valence-electron chi connectivity index (χ0n) is 14.7. The molecule has 0 aliphatic heterocycles. The average molecular weight is 381 g/mol. The lowest BCUT2D eigenvalue weighted by atomic mass is 10.2. The highest BCUT2D eigenvalue weighted by Gasteiger charge is 2.13. The van der Waals surface area contributed by atoms with E-state index in [9.17, 15) is 24.5 Å². The second kappa shape index (κ2) is 7.66. The Labute approximate surface area is 158 Å². The molecule has 0 aliphatic carbocycles. The molecule has 0 saturated heterocycles. The van der Waals surface area contributed by atoms with Gasteiger partial charge in [-0.05, 0) is 30.3 Å². The maximum atomic E-state index is 12.5. The predicted molar refractivity (Wildman–Crippen MR) is 101 cm³/mol. The highest BCUT2D eigenvalue weighted by Crippen LogP contribution is 2.16. The van der Waals surface area contributed by atoms with Gasteiger partial charge in [-0.15, -0.1) is 0 Å². The number of benzene rings is 2. The topological polar surface area (TPSA) is 136 Å². The van der Waals surface area contributed by atoms with Gasteiger partial charge >= 0.3 is 0 Å². The van der Waals surface area contributed by atoms with Gasteiger partial charge in [0.1, 0.15) is 6.54 Å². The van der Waals surface area contributed by atoms with Crippen molar-refractivity contribution in [1.29, 1.82) is 0 Å². The molecular weight excluding hydrogens is 366 g/mol. The summed E-state index contributed by atoms with van der Waals surface area (Å²) in [6, 6.07) is 10.0. The van der Waals surface area contributed by atoms with E-state index in [1.165, 1.54) is 25.5 Å². The summed E-state index contributed by atoms with van der Waals surface area (Å²) in [6.07, 6.45) is 1.21. The Balaban J connectivity index is 1.79. The molecule has 0 fully saturated rings. The van der Waals surface area contributed by atoms with Crippen molar-refractivity contribution in [3.05, 3.63) is 74.8 Å². The van der Waals surface area contributed by atoms with Crippen molar-refractivity contribution in [2.24, 2.45) is 0 Å². The zero-order chi connectivity index (χ0) is 20.3. The molecule has 2 aromatic carbocycles. The number of nitrogens with zero attached hydrogens (tertiary/aromatic N) is 3. The Bertz CT molecular complexity index is 1140. The average Bonchev–Trinajstić information content (AvgIpc) is 2.69. The van der Waals surface area contributed by atoms with Crippen molar-refractivity contribution >= 4 is 34.1 Å². The number of carbonyl (C=O) groups is 2. The summed E-state index contributed by atoms with van der Waals surface area (Å²) in [6.45, 7) is -0.318. The van der Waals surface area contributed by atoms with E-state index < -0.39 is 16.4 Å². The lowest BCUT2D eigenvalue weighted by molar-refractivity contribution is -0.384. The number of nitro groups is 1. The van der Waals surface area contributed by atoms with Crippen LogP contribution in [0.15, 0.2) is 53.6 Å². The first kappa shape index (κ1) is 18.7. The number of fused-ring (bicyclic) bond motifs is 1. The molecule has 0 saturated carbocycles. The molecule has 0 radical (unpaired) electrons. The van der Waals surface area contributed by atoms with Gasteiger partial charge < -0.3 is 10.6 Å². The Hall–Kier alpha value is -4.08. The van der Waals surface area contributed by atoms with E-state index in [4.69, 9.17) is 0 Å². The first-order valence-electron chi connectivity index (χ1n) is 8.14. The van der Waals surface area contributed by atoms with Crippen LogP contribution in [-0.4, -0.2) is 33.3 Å². The van der Waals surface area contributed by atoms with E-state index in [0.29, 0.717) is 16.8 Å². The Kier molecular flexibility index (Phi) is 5.12. The second-order valence-electron chi connectivity index (χ2n) is 5.84. The predicted octanol–water partition coefficient (Wildman–Crippen LogP) is 1.30. The Morgan fingerprint density at radius 1 is 1.18 bits per heavy atom. The van der Waals surface area contributed by atoms with Crippen molar-refractivity contribution in [1.82, 2.24) is 14.9 Å². The molecule has 0 aliphatic rings. The van der Waals surface area contributed by atoms with Crippen molar-refractivity contribution in [2.45, 2.75) is 6.54 Å². The summed E-state index contributed by atoms with van der Waals surface area (Å²) in [4.78, 5) is 50.6. The molecule has 2 amide bonds. The van der Waals surface area contributed by atoms with Gasteiger partial charge in [0.05, 0.1) is 22.2 Å². The van der Waals surface area contributed by atoms with Gasteiger partial charge in [0.2, 0.25) is 5.91 Å². The molecule has 0 bridgehead atoms. The summed E-state index contributed by atoms with van der Waals surface area (Å²) in [7, 11) is 1.52. The minimum Gasteiger partial charge on any atom is -0.355 e. The van der Waals surface area contributed by atoms with Gasteiger partial charge in [-0.2, -0.15) is 0 Å². The SMILES string of the molecule is CNC(=O)c1ccc(NC(=O)Cn2cnc3ccc([N+](=O)[O-])cc3c2=O)cc1. The van der Waals surface area contributed by atoms with Crippen molar-refractivity contribution in [3.8, 4) is 0 Å². The van der Waals surface area contributed by atoms with E-state index in [2.05, 4.69) is 15.6 Å². The highest BCUT2D eigenvalue weighted by atomic mass is 16.6. The van der Waals surface area contributed by atoms with Crippen LogP contribution < -0.4 is 16.2 Å². The molecule has 1 aromatic heterocycles. The number of nitro benzene ring substituents is 1. The van der Waals surface area contributed by atoms with E-state index in [1.807, 2.05) is 0 Å². The number of amides is 2. The molecule has 142 valence electrons. The summed E-state index contributed by atoms with van der Waals surface area (Å²) in [5.41, 5.74) is 0.410. The van der Waals surface area contributed by atoms with Crippen LogP contribution in [0.4, 0.5) is 11.4 Å². The molecule has 10 nitrogen and oxygen atoms in total. The molecule has 0 unspecified atom stereocenters. The van der Waals surface area contributed by atoms with Gasteiger partial charge in [0.25, 0.3) is 17.2 Å². The third-order valence-electron chi connectivity index (χ3n) is 3.99. The number of hydrogen-bond acceptors (Lipinski definition) is 6. The lowest BCUT2D eigenvalue weighted by Gasteiger charge is -2.08. The van der Waals surface area contributed by atoms with Crippen molar-refractivity contribution in [3.63, 3.8) is 0 Å². The summed E-state index contributed by atoms with van der Waals surface area (Å²) in [5.74, 6) is -0.734. The van der Waals surface area contributed by atoms with E-state index in [-0.39, 0.29) is 23.5 Å². The number of non-ortho nitro benzene ring substituents is 1.